The second kappa shape index (κ2) is 3.88. The van der Waals surface area contributed by atoms with Gasteiger partial charge in [0.1, 0.15) is 10.7 Å². The Balaban J connectivity index is 2.45. The third-order valence-electron chi connectivity index (χ3n) is 2.55. The van der Waals surface area contributed by atoms with Crippen LogP contribution in [0, 0.1) is 5.82 Å². The number of nitrogens with one attached hydrogen (secondary N) is 1. The van der Waals surface area contributed by atoms with Crippen LogP contribution in [0.5, 0.6) is 0 Å². The molecule has 8 heteroatoms. The van der Waals surface area contributed by atoms with Crippen molar-refractivity contribution < 1.29 is 21.6 Å². The number of rotatable bonds is 2. The molecule has 0 bridgehead atoms. The van der Waals surface area contributed by atoms with Crippen molar-refractivity contribution in [1.29, 1.82) is 0 Å². The molecular weight excluding hydrogens is 257 g/mol. The lowest BCUT2D eigenvalue weighted by Gasteiger charge is -2.08. The highest BCUT2D eigenvalue weighted by Gasteiger charge is 2.30. The first-order valence-corrected chi connectivity index (χ1v) is 6.23. The smallest absolute Gasteiger partial charge is 0.258 e. The molecule has 0 amide bonds. The molecule has 17 heavy (non-hydrogen) atoms. The molecule has 1 aromatic rings. The molecule has 0 saturated carbocycles. The van der Waals surface area contributed by atoms with E-state index < -0.39 is 33.2 Å². The lowest BCUT2D eigenvalue weighted by molar-refractivity contribution is 0.126. The van der Waals surface area contributed by atoms with Crippen LogP contribution in [-0.4, -0.2) is 20.9 Å². The molecule has 1 atom stereocenters. The summed E-state index contributed by atoms with van der Waals surface area (Å²) in [5.74, 6) is -1.03. The van der Waals surface area contributed by atoms with Crippen LogP contribution in [0.3, 0.4) is 0 Å². The van der Waals surface area contributed by atoms with Gasteiger partial charge in [-0.05, 0) is 17.7 Å². The quantitative estimate of drug-likeness (QED) is 0.841. The minimum absolute atomic E-state index is 0.0468. The summed E-state index contributed by atoms with van der Waals surface area (Å²) in [6.45, 7) is 0. The SMILES string of the molecule is NS(=O)(=O)c1cc2c(cc1F)C[C@@H](C(F)F)N2. The molecule has 0 fully saturated rings. The van der Waals surface area contributed by atoms with Crippen molar-refractivity contribution in [2.24, 2.45) is 5.14 Å². The lowest BCUT2D eigenvalue weighted by atomic mass is 10.1. The Morgan fingerprint density at radius 1 is 1.41 bits per heavy atom. The Bertz CT molecular complexity index is 560. The first-order valence-electron chi connectivity index (χ1n) is 4.69. The van der Waals surface area contributed by atoms with Crippen LogP contribution < -0.4 is 10.5 Å². The van der Waals surface area contributed by atoms with Gasteiger partial charge in [0, 0.05) is 12.1 Å². The zero-order valence-electron chi connectivity index (χ0n) is 8.45. The molecule has 0 aliphatic carbocycles. The fourth-order valence-electron chi connectivity index (χ4n) is 1.76. The Morgan fingerprint density at radius 3 is 2.59 bits per heavy atom. The van der Waals surface area contributed by atoms with E-state index in [-0.39, 0.29) is 12.1 Å². The fourth-order valence-corrected chi connectivity index (χ4v) is 2.37. The van der Waals surface area contributed by atoms with Crippen LogP contribution in [-0.2, 0) is 16.4 Å². The van der Waals surface area contributed by atoms with Crippen molar-refractivity contribution >= 4 is 15.7 Å². The Kier molecular flexibility index (Phi) is 2.78. The van der Waals surface area contributed by atoms with Crippen molar-refractivity contribution in [2.45, 2.75) is 23.8 Å². The van der Waals surface area contributed by atoms with Crippen molar-refractivity contribution in [3.63, 3.8) is 0 Å². The Hall–Kier alpha value is -1.28. The summed E-state index contributed by atoms with van der Waals surface area (Å²) in [7, 11) is -4.20. The predicted octanol–water partition coefficient (Wildman–Crippen LogP) is 1.07. The van der Waals surface area contributed by atoms with Gasteiger partial charge in [0.15, 0.2) is 0 Å². The second-order valence-electron chi connectivity index (χ2n) is 3.77. The molecule has 0 unspecified atom stereocenters. The van der Waals surface area contributed by atoms with Gasteiger partial charge in [-0.15, -0.1) is 0 Å². The van der Waals surface area contributed by atoms with Crippen LogP contribution in [0.4, 0.5) is 18.9 Å². The standard InChI is InChI=1S/C9H9F3N2O2S/c10-5-1-4-2-7(9(11)12)14-6(4)3-8(5)17(13,15)16/h1,3,7,9,14H,2H2,(H2,13,15,16)/t7-/m0/s1. The number of benzene rings is 1. The molecule has 0 spiro atoms. The largest absolute Gasteiger partial charge is 0.376 e. The Labute approximate surface area is 95.7 Å². The van der Waals surface area contributed by atoms with Gasteiger partial charge in [-0.1, -0.05) is 0 Å². The van der Waals surface area contributed by atoms with E-state index in [0.29, 0.717) is 5.56 Å². The monoisotopic (exact) mass is 266 g/mol. The summed E-state index contributed by atoms with van der Waals surface area (Å²) in [4.78, 5) is -0.696. The zero-order valence-corrected chi connectivity index (χ0v) is 9.27. The topological polar surface area (TPSA) is 72.2 Å². The van der Waals surface area contributed by atoms with E-state index in [1.54, 1.807) is 0 Å². The molecule has 1 aliphatic heterocycles. The van der Waals surface area contributed by atoms with Crippen molar-refractivity contribution in [3.8, 4) is 0 Å². The summed E-state index contributed by atoms with van der Waals surface area (Å²) >= 11 is 0. The van der Waals surface area contributed by atoms with Gasteiger partial charge >= 0.3 is 0 Å². The third-order valence-corrected chi connectivity index (χ3v) is 3.48. The minimum Gasteiger partial charge on any atom is -0.376 e. The van der Waals surface area contributed by atoms with E-state index >= 15 is 0 Å². The molecule has 3 N–H and O–H groups in total. The first kappa shape index (κ1) is 12.2. The van der Waals surface area contributed by atoms with Gasteiger partial charge in [0.2, 0.25) is 10.0 Å². The molecule has 0 radical (unpaired) electrons. The molecule has 4 nitrogen and oxygen atoms in total. The summed E-state index contributed by atoms with van der Waals surface area (Å²) < 4.78 is 60.3. The van der Waals surface area contributed by atoms with Crippen LogP contribution in [0.25, 0.3) is 0 Å². The fraction of sp³-hybridized carbons (Fsp3) is 0.333. The number of alkyl halides is 2. The van der Waals surface area contributed by atoms with Gasteiger partial charge in [-0.2, -0.15) is 0 Å². The van der Waals surface area contributed by atoms with Crippen LogP contribution >= 0.6 is 0 Å². The molecule has 1 aliphatic rings. The molecule has 2 rings (SSSR count). The summed E-state index contributed by atoms with van der Waals surface area (Å²) in [5.41, 5.74) is 0.501. The van der Waals surface area contributed by atoms with E-state index in [2.05, 4.69) is 5.32 Å². The number of hydrogen-bond donors (Lipinski definition) is 2. The summed E-state index contributed by atoms with van der Waals surface area (Å²) in [6.07, 6.45) is -2.65. The highest BCUT2D eigenvalue weighted by atomic mass is 32.2. The molecule has 1 heterocycles. The summed E-state index contributed by atoms with van der Waals surface area (Å²) in [6, 6.07) is 0.743. The number of sulfonamides is 1. The van der Waals surface area contributed by atoms with Crippen LogP contribution in [0.1, 0.15) is 5.56 Å². The van der Waals surface area contributed by atoms with Crippen molar-refractivity contribution in [2.75, 3.05) is 5.32 Å². The lowest BCUT2D eigenvalue weighted by Crippen LogP contribution is -2.24. The number of halogens is 3. The van der Waals surface area contributed by atoms with Gasteiger partial charge in [-0.25, -0.2) is 26.7 Å². The average Bonchev–Trinajstić information content (AvgIpc) is 2.57. The summed E-state index contributed by atoms with van der Waals surface area (Å²) in [5, 5.41) is 7.24. The van der Waals surface area contributed by atoms with Crippen molar-refractivity contribution in [3.05, 3.63) is 23.5 Å². The van der Waals surface area contributed by atoms with Gasteiger partial charge in [0.05, 0.1) is 6.04 Å². The minimum atomic E-state index is -4.20. The number of primary sulfonamides is 1. The second-order valence-corrected chi connectivity index (χ2v) is 5.30. The maximum Gasteiger partial charge on any atom is 0.258 e. The van der Waals surface area contributed by atoms with Gasteiger partial charge in [-0.3, -0.25) is 0 Å². The molecule has 0 saturated heterocycles. The number of fused-ring (bicyclic) bond motifs is 1. The molecular formula is C9H9F3N2O2S. The molecule has 94 valence electrons. The van der Waals surface area contributed by atoms with Crippen LogP contribution in [0.15, 0.2) is 17.0 Å². The van der Waals surface area contributed by atoms with Crippen LogP contribution in [0.2, 0.25) is 0 Å². The maximum atomic E-state index is 13.4. The highest BCUT2D eigenvalue weighted by Crippen LogP contribution is 2.31. The van der Waals surface area contributed by atoms with E-state index in [1.807, 2.05) is 0 Å². The Morgan fingerprint density at radius 2 is 2.06 bits per heavy atom. The first-order chi connectivity index (χ1) is 7.79. The normalized spacial score (nSPS) is 19.2. The van der Waals surface area contributed by atoms with E-state index in [1.165, 1.54) is 0 Å². The molecule has 1 aromatic carbocycles. The number of anilines is 1. The van der Waals surface area contributed by atoms with Gasteiger partial charge < -0.3 is 5.32 Å². The van der Waals surface area contributed by atoms with Gasteiger partial charge in [0.25, 0.3) is 6.43 Å². The maximum absolute atomic E-state index is 13.4. The third kappa shape index (κ3) is 2.22. The van der Waals surface area contributed by atoms with Crippen molar-refractivity contribution in [1.82, 2.24) is 0 Å². The highest BCUT2D eigenvalue weighted by molar-refractivity contribution is 7.89. The molecule has 0 aromatic heterocycles. The van der Waals surface area contributed by atoms with E-state index in [9.17, 15) is 21.6 Å². The zero-order chi connectivity index (χ0) is 12.8. The number of hydrogen-bond acceptors (Lipinski definition) is 3. The number of nitrogens with two attached hydrogens (primary N) is 1. The average molecular weight is 266 g/mol. The predicted molar refractivity (Wildman–Crippen MR) is 54.9 cm³/mol. The van der Waals surface area contributed by atoms with E-state index in [4.69, 9.17) is 5.14 Å². The van der Waals surface area contributed by atoms with E-state index in [0.717, 1.165) is 12.1 Å².